The number of benzene rings is 1. The molecule has 0 unspecified atom stereocenters. The lowest BCUT2D eigenvalue weighted by Gasteiger charge is -2.08. The molecule has 94 valence electrons. The molecule has 0 atom stereocenters. The molecule has 2 aromatic rings. The zero-order valence-corrected chi connectivity index (χ0v) is 11.0. The van der Waals surface area contributed by atoms with Crippen molar-refractivity contribution >= 4 is 15.9 Å². The smallest absolute Gasteiger partial charge is 0.265 e. The molecule has 0 saturated carbocycles. The maximum Gasteiger partial charge on any atom is 0.265 e. The zero-order chi connectivity index (χ0) is 13.1. The van der Waals surface area contributed by atoms with Crippen LogP contribution in [0.4, 0.5) is 4.39 Å². The Morgan fingerprint density at radius 3 is 2.50 bits per heavy atom. The number of aromatic nitrogens is 1. The standard InChI is InChI=1S/C13H11BrFNO2/c14-12-5-10(8-17)7-16(13(12)18)6-9-1-3-11(15)4-2-9/h1-5,7,17H,6,8H2. The third kappa shape index (κ3) is 2.86. The number of aliphatic hydroxyl groups is 1. The summed E-state index contributed by atoms with van der Waals surface area (Å²) < 4.78 is 14.7. The molecule has 2 rings (SSSR count). The van der Waals surface area contributed by atoms with Crippen LogP contribution in [0.1, 0.15) is 11.1 Å². The fourth-order valence-electron chi connectivity index (χ4n) is 1.65. The molecule has 0 radical (unpaired) electrons. The molecule has 0 saturated heterocycles. The van der Waals surface area contributed by atoms with E-state index in [4.69, 9.17) is 5.11 Å². The lowest BCUT2D eigenvalue weighted by molar-refractivity contribution is 0.280. The first kappa shape index (κ1) is 13.0. The molecule has 0 spiro atoms. The number of hydrogen-bond acceptors (Lipinski definition) is 2. The molecule has 0 aliphatic carbocycles. The van der Waals surface area contributed by atoms with Crippen LogP contribution in [0.3, 0.4) is 0 Å². The number of halogens is 2. The highest BCUT2D eigenvalue weighted by atomic mass is 79.9. The fraction of sp³-hybridized carbons (Fsp3) is 0.154. The maximum absolute atomic E-state index is 12.8. The van der Waals surface area contributed by atoms with Gasteiger partial charge in [-0.05, 0) is 45.3 Å². The van der Waals surface area contributed by atoms with Gasteiger partial charge in [0.05, 0.1) is 17.6 Å². The second-order valence-corrected chi connectivity index (χ2v) is 4.77. The summed E-state index contributed by atoms with van der Waals surface area (Å²) in [6.45, 7) is 0.202. The van der Waals surface area contributed by atoms with Gasteiger partial charge >= 0.3 is 0 Å². The molecule has 1 aromatic carbocycles. The molecule has 0 amide bonds. The largest absolute Gasteiger partial charge is 0.392 e. The van der Waals surface area contributed by atoms with E-state index in [2.05, 4.69) is 15.9 Å². The van der Waals surface area contributed by atoms with Crippen LogP contribution in [0.2, 0.25) is 0 Å². The maximum atomic E-state index is 12.8. The van der Waals surface area contributed by atoms with Crippen molar-refractivity contribution in [2.24, 2.45) is 0 Å². The molecule has 0 aliphatic heterocycles. The molecule has 0 aliphatic rings. The summed E-state index contributed by atoms with van der Waals surface area (Å²) in [6.07, 6.45) is 1.59. The van der Waals surface area contributed by atoms with E-state index in [-0.39, 0.29) is 18.0 Å². The summed E-state index contributed by atoms with van der Waals surface area (Å²) in [5.74, 6) is -0.309. The van der Waals surface area contributed by atoms with Crippen molar-refractivity contribution in [2.75, 3.05) is 0 Å². The molecular formula is C13H11BrFNO2. The number of nitrogens with zero attached hydrogens (tertiary/aromatic N) is 1. The van der Waals surface area contributed by atoms with E-state index in [1.807, 2.05) is 0 Å². The van der Waals surface area contributed by atoms with Crippen LogP contribution in [-0.4, -0.2) is 9.67 Å². The van der Waals surface area contributed by atoms with Crippen molar-refractivity contribution in [1.29, 1.82) is 0 Å². The predicted octanol–water partition coefficient (Wildman–Crippen LogP) is 2.29. The summed E-state index contributed by atoms with van der Waals surface area (Å²) in [6, 6.07) is 7.54. The van der Waals surface area contributed by atoms with E-state index in [0.29, 0.717) is 16.6 Å². The van der Waals surface area contributed by atoms with Crippen molar-refractivity contribution in [3.8, 4) is 0 Å². The van der Waals surface area contributed by atoms with Crippen molar-refractivity contribution in [3.05, 3.63) is 68.3 Å². The Hall–Kier alpha value is -1.46. The van der Waals surface area contributed by atoms with Gasteiger partial charge in [-0.3, -0.25) is 4.79 Å². The molecule has 0 fully saturated rings. The van der Waals surface area contributed by atoms with Crippen LogP contribution in [0.15, 0.2) is 45.8 Å². The van der Waals surface area contributed by atoms with E-state index < -0.39 is 0 Å². The monoisotopic (exact) mass is 311 g/mol. The number of rotatable bonds is 3. The predicted molar refractivity (Wildman–Crippen MR) is 69.8 cm³/mol. The normalized spacial score (nSPS) is 10.6. The van der Waals surface area contributed by atoms with Gasteiger partial charge in [0, 0.05) is 6.20 Å². The number of pyridine rings is 1. The molecule has 1 heterocycles. The first-order valence-corrected chi connectivity index (χ1v) is 6.13. The average Bonchev–Trinajstić information content (AvgIpc) is 2.37. The van der Waals surface area contributed by atoms with E-state index in [1.165, 1.54) is 16.7 Å². The summed E-state index contributed by atoms with van der Waals surface area (Å²) >= 11 is 3.16. The molecule has 1 N–H and O–H groups in total. The van der Waals surface area contributed by atoms with Gasteiger partial charge in [-0.25, -0.2) is 4.39 Å². The summed E-state index contributed by atoms with van der Waals surface area (Å²) in [7, 11) is 0. The van der Waals surface area contributed by atoms with Gasteiger partial charge in [-0.2, -0.15) is 0 Å². The first-order valence-electron chi connectivity index (χ1n) is 5.34. The van der Waals surface area contributed by atoms with Crippen molar-refractivity contribution in [1.82, 2.24) is 4.57 Å². The second-order valence-electron chi connectivity index (χ2n) is 3.91. The summed E-state index contributed by atoms with van der Waals surface area (Å²) in [5.41, 5.74) is 1.28. The summed E-state index contributed by atoms with van der Waals surface area (Å²) in [4.78, 5) is 11.9. The number of aliphatic hydroxyl groups excluding tert-OH is 1. The Balaban J connectivity index is 2.36. The average molecular weight is 312 g/mol. The highest BCUT2D eigenvalue weighted by Crippen LogP contribution is 2.09. The van der Waals surface area contributed by atoms with Gasteiger partial charge in [0.2, 0.25) is 0 Å². The SMILES string of the molecule is O=c1c(Br)cc(CO)cn1Cc1ccc(F)cc1. The molecule has 1 aromatic heterocycles. The molecule has 3 nitrogen and oxygen atoms in total. The van der Waals surface area contributed by atoms with Crippen LogP contribution in [-0.2, 0) is 13.2 Å². The van der Waals surface area contributed by atoms with Crippen LogP contribution in [0.25, 0.3) is 0 Å². The van der Waals surface area contributed by atoms with Gasteiger partial charge < -0.3 is 9.67 Å². The third-order valence-electron chi connectivity index (χ3n) is 2.55. The van der Waals surface area contributed by atoms with Crippen LogP contribution in [0, 0.1) is 5.82 Å². The van der Waals surface area contributed by atoms with Gasteiger partial charge in [-0.15, -0.1) is 0 Å². The molecular weight excluding hydrogens is 301 g/mol. The Labute approximate surface area is 112 Å². The second kappa shape index (κ2) is 5.46. The van der Waals surface area contributed by atoms with Crippen LogP contribution in [0.5, 0.6) is 0 Å². The van der Waals surface area contributed by atoms with E-state index in [1.54, 1.807) is 24.4 Å². The Morgan fingerprint density at radius 1 is 1.22 bits per heavy atom. The Bertz CT molecular complexity index is 607. The first-order chi connectivity index (χ1) is 8.60. The quantitative estimate of drug-likeness (QED) is 0.945. The number of hydrogen-bond donors (Lipinski definition) is 1. The van der Waals surface area contributed by atoms with Gasteiger partial charge in [-0.1, -0.05) is 12.1 Å². The minimum Gasteiger partial charge on any atom is -0.392 e. The molecule has 0 bridgehead atoms. The highest BCUT2D eigenvalue weighted by molar-refractivity contribution is 9.10. The Kier molecular flexibility index (Phi) is 3.93. The van der Waals surface area contributed by atoms with E-state index >= 15 is 0 Å². The van der Waals surface area contributed by atoms with Gasteiger partial charge in [0.15, 0.2) is 0 Å². The Morgan fingerprint density at radius 2 is 1.89 bits per heavy atom. The third-order valence-corrected chi connectivity index (χ3v) is 3.12. The van der Waals surface area contributed by atoms with Crippen molar-refractivity contribution in [3.63, 3.8) is 0 Å². The van der Waals surface area contributed by atoms with Gasteiger partial charge in [0.25, 0.3) is 5.56 Å². The lowest BCUT2D eigenvalue weighted by Crippen LogP contribution is -2.21. The summed E-state index contributed by atoms with van der Waals surface area (Å²) in [5, 5.41) is 9.09. The zero-order valence-electron chi connectivity index (χ0n) is 9.44. The van der Waals surface area contributed by atoms with Crippen LogP contribution < -0.4 is 5.56 Å². The minimum atomic E-state index is -0.309. The van der Waals surface area contributed by atoms with Gasteiger partial charge in [0.1, 0.15) is 5.82 Å². The van der Waals surface area contributed by atoms with E-state index in [9.17, 15) is 9.18 Å². The molecule has 5 heteroatoms. The topological polar surface area (TPSA) is 42.2 Å². The molecule has 18 heavy (non-hydrogen) atoms. The van der Waals surface area contributed by atoms with E-state index in [0.717, 1.165) is 5.56 Å². The van der Waals surface area contributed by atoms with Crippen LogP contribution >= 0.6 is 15.9 Å². The van der Waals surface area contributed by atoms with Crippen molar-refractivity contribution in [2.45, 2.75) is 13.2 Å². The fourth-order valence-corrected chi connectivity index (χ4v) is 2.17. The lowest BCUT2D eigenvalue weighted by atomic mass is 10.2. The minimum absolute atomic E-state index is 0.137. The van der Waals surface area contributed by atoms with Crippen molar-refractivity contribution < 1.29 is 9.50 Å². The highest BCUT2D eigenvalue weighted by Gasteiger charge is 2.05.